The minimum Gasteiger partial charge on any atom is -0.497 e. The molecule has 0 radical (unpaired) electrons. The number of aryl methyl sites for hydroxylation is 2. The molecule has 0 saturated heterocycles. The summed E-state index contributed by atoms with van der Waals surface area (Å²) in [6.07, 6.45) is 0.814. The van der Waals surface area contributed by atoms with Crippen molar-refractivity contribution in [2.75, 3.05) is 13.7 Å². The van der Waals surface area contributed by atoms with Crippen molar-refractivity contribution in [3.8, 4) is 17.3 Å². The van der Waals surface area contributed by atoms with Crippen LogP contribution in [0.4, 0.5) is 0 Å². The number of methoxy groups -OCH3 is 1. The second-order valence-corrected chi connectivity index (χ2v) is 8.28. The highest BCUT2D eigenvalue weighted by atomic mass is 16.5. The Morgan fingerprint density at radius 2 is 1.91 bits per heavy atom. The summed E-state index contributed by atoms with van der Waals surface area (Å²) in [6.45, 7) is 4.65. The minimum absolute atomic E-state index is 0.155. The Balaban J connectivity index is 1.72. The van der Waals surface area contributed by atoms with Gasteiger partial charge in [0.2, 0.25) is 5.88 Å². The first-order valence-electron chi connectivity index (χ1n) is 10.6. The van der Waals surface area contributed by atoms with Crippen molar-refractivity contribution < 1.29 is 15.2 Å². The highest BCUT2D eigenvalue weighted by Gasteiger charge is 2.34. The molecule has 0 fully saturated rings. The van der Waals surface area contributed by atoms with Crippen LogP contribution in [-0.4, -0.2) is 33.3 Å². The summed E-state index contributed by atoms with van der Waals surface area (Å²) in [5, 5.41) is 14.2. The molecule has 5 rings (SSSR count). The molecule has 0 aliphatic carbocycles. The number of rotatable bonds is 3. The molecule has 0 saturated carbocycles. The maximum absolute atomic E-state index is 12.9. The number of nitrogens with zero attached hydrogens (tertiary/aromatic N) is 1. The molecule has 1 aliphatic rings. The zero-order valence-corrected chi connectivity index (χ0v) is 18.2. The van der Waals surface area contributed by atoms with Crippen LogP contribution in [0.5, 0.6) is 11.6 Å². The summed E-state index contributed by atoms with van der Waals surface area (Å²) >= 11 is 0. The van der Waals surface area contributed by atoms with Gasteiger partial charge in [0.1, 0.15) is 11.3 Å². The molecule has 0 spiro atoms. The average molecular weight is 433 g/mol. The van der Waals surface area contributed by atoms with E-state index in [2.05, 4.69) is 9.97 Å². The van der Waals surface area contributed by atoms with Gasteiger partial charge in [0, 0.05) is 17.3 Å². The van der Waals surface area contributed by atoms with Crippen LogP contribution < -0.4 is 21.3 Å². The second kappa shape index (κ2) is 7.42. The van der Waals surface area contributed by atoms with Crippen LogP contribution in [0.3, 0.4) is 0 Å². The molecule has 164 valence electrons. The van der Waals surface area contributed by atoms with Crippen molar-refractivity contribution in [3.63, 3.8) is 0 Å². The van der Waals surface area contributed by atoms with Gasteiger partial charge in [-0.2, -0.15) is 0 Å². The molecule has 0 bridgehead atoms. The Hall–Kier alpha value is -3.78. The lowest BCUT2D eigenvalue weighted by atomic mass is 9.95. The van der Waals surface area contributed by atoms with E-state index in [1.54, 1.807) is 13.2 Å². The third-order valence-electron chi connectivity index (χ3n) is 6.43. The molecule has 8 nitrogen and oxygen atoms in total. The van der Waals surface area contributed by atoms with E-state index in [1.165, 1.54) is 0 Å². The van der Waals surface area contributed by atoms with E-state index in [-0.39, 0.29) is 11.4 Å². The minimum atomic E-state index is -0.670. The highest BCUT2D eigenvalue weighted by Crippen LogP contribution is 2.34. The number of aromatic nitrogens is 3. The Labute approximate surface area is 183 Å². The maximum atomic E-state index is 12.9. The first-order chi connectivity index (χ1) is 15.4. The molecular formula is C24H25N4O4+. The number of aromatic hydroxyl groups is 1. The fraction of sp³-hybridized carbons (Fsp3) is 0.250. The molecule has 1 atom stereocenters. The lowest BCUT2D eigenvalue weighted by molar-refractivity contribution is -0.690. The van der Waals surface area contributed by atoms with E-state index in [0.717, 1.165) is 56.6 Å². The Bertz CT molecular complexity index is 1480. The number of quaternary nitrogens is 1. The molecule has 2 aromatic heterocycles. The fourth-order valence-corrected chi connectivity index (χ4v) is 4.61. The van der Waals surface area contributed by atoms with Crippen molar-refractivity contribution in [1.82, 2.24) is 14.5 Å². The predicted octanol–water partition coefficient (Wildman–Crippen LogP) is 1.55. The SMILES string of the molecule is COc1ccc2[nH]c3c(c2c1)CC[NH2+][C@H]3c1c(O)n(-c2ccc(C)c(C)c2)c(=O)[nH]c1=O. The summed E-state index contributed by atoms with van der Waals surface area (Å²) in [6, 6.07) is 10.8. The van der Waals surface area contributed by atoms with Crippen LogP contribution in [0.25, 0.3) is 16.6 Å². The molecule has 32 heavy (non-hydrogen) atoms. The van der Waals surface area contributed by atoms with Gasteiger partial charge in [0.15, 0.2) is 6.04 Å². The molecule has 2 aromatic carbocycles. The second-order valence-electron chi connectivity index (χ2n) is 8.28. The predicted molar refractivity (Wildman–Crippen MR) is 121 cm³/mol. The zero-order valence-electron chi connectivity index (χ0n) is 18.2. The molecular weight excluding hydrogens is 408 g/mol. The molecule has 0 amide bonds. The van der Waals surface area contributed by atoms with Gasteiger partial charge in [-0.1, -0.05) is 6.07 Å². The zero-order chi connectivity index (χ0) is 22.6. The van der Waals surface area contributed by atoms with Gasteiger partial charge in [-0.3, -0.25) is 9.78 Å². The third-order valence-corrected chi connectivity index (χ3v) is 6.43. The van der Waals surface area contributed by atoms with E-state index in [0.29, 0.717) is 5.69 Å². The van der Waals surface area contributed by atoms with Gasteiger partial charge < -0.3 is 20.1 Å². The van der Waals surface area contributed by atoms with Gasteiger partial charge in [-0.05, 0) is 60.9 Å². The van der Waals surface area contributed by atoms with E-state index in [9.17, 15) is 14.7 Å². The molecule has 4 aromatic rings. The largest absolute Gasteiger partial charge is 0.497 e. The molecule has 1 aliphatic heterocycles. The molecule has 0 unspecified atom stereocenters. The summed E-state index contributed by atoms with van der Waals surface area (Å²) in [7, 11) is 1.63. The van der Waals surface area contributed by atoms with Crippen LogP contribution in [0.1, 0.15) is 34.0 Å². The van der Waals surface area contributed by atoms with Gasteiger partial charge >= 0.3 is 5.69 Å². The topological polar surface area (TPSA) is 117 Å². The van der Waals surface area contributed by atoms with Crippen molar-refractivity contribution in [2.45, 2.75) is 26.3 Å². The number of nitrogens with one attached hydrogen (secondary N) is 2. The van der Waals surface area contributed by atoms with Gasteiger partial charge in [-0.25, -0.2) is 9.36 Å². The van der Waals surface area contributed by atoms with E-state index in [1.807, 2.05) is 49.5 Å². The number of ether oxygens (including phenoxy) is 1. The average Bonchev–Trinajstić information content (AvgIpc) is 3.14. The van der Waals surface area contributed by atoms with Crippen LogP contribution in [0.2, 0.25) is 0 Å². The third kappa shape index (κ3) is 3.03. The van der Waals surface area contributed by atoms with Crippen molar-refractivity contribution >= 4 is 10.9 Å². The van der Waals surface area contributed by atoms with Gasteiger partial charge in [-0.15, -0.1) is 0 Å². The van der Waals surface area contributed by atoms with Gasteiger partial charge in [0.25, 0.3) is 5.56 Å². The lowest BCUT2D eigenvalue weighted by Crippen LogP contribution is -2.87. The number of benzene rings is 2. The number of hydrogen-bond acceptors (Lipinski definition) is 4. The summed E-state index contributed by atoms with van der Waals surface area (Å²) in [4.78, 5) is 31.4. The number of nitrogens with two attached hydrogens (primary N) is 1. The summed E-state index contributed by atoms with van der Waals surface area (Å²) < 4.78 is 6.54. The monoisotopic (exact) mass is 433 g/mol. The fourth-order valence-electron chi connectivity index (χ4n) is 4.61. The Morgan fingerprint density at radius 1 is 1.09 bits per heavy atom. The normalized spacial score (nSPS) is 15.7. The molecule has 8 heteroatoms. The first-order valence-corrected chi connectivity index (χ1v) is 10.6. The van der Waals surface area contributed by atoms with Crippen LogP contribution in [0.15, 0.2) is 46.0 Å². The highest BCUT2D eigenvalue weighted by molar-refractivity contribution is 5.86. The van der Waals surface area contributed by atoms with E-state index < -0.39 is 17.3 Å². The van der Waals surface area contributed by atoms with E-state index in [4.69, 9.17) is 4.74 Å². The maximum Gasteiger partial charge on any atom is 0.335 e. The lowest BCUT2D eigenvalue weighted by Gasteiger charge is -2.22. The first kappa shape index (κ1) is 20.1. The Morgan fingerprint density at radius 3 is 2.66 bits per heavy atom. The summed E-state index contributed by atoms with van der Waals surface area (Å²) in [5.41, 5.74) is 4.35. The molecule has 3 heterocycles. The number of aromatic amines is 2. The van der Waals surface area contributed by atoms with Crippen molar-refractivity contribution in [2.24, 2.45) is 0 Å². The van der Waals surface area contributed by atoms with Gasteiger partial charge in [0.05, 0.1) is 25.0 Å². The van der Waals surface area contributed by atoms with Crippen LogP contribution in [-0.2, 0) is 6.42 Å². The number of hydrogen-bond donors (Lipinski definition) is 4. The number of H-pyrrole nitrogens is 2. The molecule has 5 N–H and O–H groups in total. The van der Waals surface area contributed by atoms with Crippen molar-refractivity contribution in [3.05, 3.63) is 85.2 Å². The summed E-state index contributed by atoms with van der Waals surface area (Å²) in [5.74, 6) is 0.418. The smallest absolute Gasteiger partial charge is 0.335 e. The van der Waals surface area contributed by atoms with Crippen LogP contribution in [0, 0.1) is 13.8 Å². The van der Waals surface area contributed by atoms with E-state index >= 15 is 0 Å². The number of fused-ring (bicyclic) bond motifs is 3. The van der Waals surface area contributed by atoms with Crippen molar-refractivity contribution in [1.29, 1.82) is 0 Å². The standard InChI is InChI=1S/C24H24N4O4/c1-12-4-5-14(10-13(12)2)28-23(30)19(22(29)27-24(28)31)21-20-16(8-9-25-21)17-11-15(32-3)6-7-18(17)26-20/h4-7,10-11,21,25-26,30H,8-9H2,1-3H3,(H,27,29,31)/p+1/t21-/m0/s1. The quantitative estimate of drug-likeness (QED) is 0.392. The van der Waals surface area contributed by atoms with Crippen LogP contribution >= 0.6 is 0 Å². The Kier molecular flexibility index (Phi) is 4.67.